The van der Waals surface area contributed by atoms with Gasteiger partial charge in [-0.15, -0.1) is 0 Å². The van der Waals surface area contributed by atoms with Crippen LogP contribution in [0.15, 0.2) is 36.9 Å². The molecule has 164 valence electrons. The number of nitrogens with zero attached hydrogens (tertiary/aromatic N) is 1. The Morgan fingerprint density at radius 1 is 1.37 bits per heavy atom. The maximum absolute atomic E-state index is 13.3. The number of methoxy groups -OCH3 is 1. The fraction of sp³-hybridized carbons (Fsp3) is 0.455. The molecule has 0 spiro atoms. The van der Waals surface area contributed by atoms with Crippen molar-refractivity contribution in [2.45, 2.75) is 32.2 Å². The van der Waals surface area contributed by atoms with Crippen molar-refractivity contribution in [3.8, 4) is 11.5 Å². The summed E-state index contributed by atoms with van der Waals surface area (Å²) >= 11 is 0. The van der Waals surface area contributed by atoms with E-state index in [0.717, 1.165) is 18.4 Å². The number of amides is 2. The van der Waals surface area contributed by atoms with E-state index >= 15 is 0 Å². The van der Waals surface area contributed by atoms with Crippen LogP contribution in [0.3, 0.4) is 0 Å². The Balaban J connectivity index is 2.41. The van der Waals surface area contributed by atoms with Gasteiger partial charge in [-0.1, -0.05) is 38.2 Å². The fourth-order valence-corrected chi connectivity index (χ4v) is 3.15. The lowest BCUT2D eigenvalue weighted by Gasteiger charge is -2.24. The number of anilines is 1. The van der Waals surface area contributed by atoms with Crippen molar-refractivity contribution in [1.82, 2.24) is 4.90 Å². The Kier molecular flexibility index (Phi) is 8.73. The molecule has 0 aromatic heterocycles. The molecule has 1 saturated heterocycles. The molecule has 1 aromatic rings. The number of unbranched alkanes of at least 4 members (excludes halogenated alkanes) is 1. The summed E-state index contributed by atoms with van der Waals surface area (Å²) in [7, 11) is 1.48. The number of hydrogen-bond donors (Lipinski definition) is 2. The largest absolute Gasteiger partial charge is 0.493 e. The van der Waals surface area contributed by atoms with E-state index in [2.05, 4.69) is 18.5 Å². The zero-order valence-corrected chi connectivity index (χ0v) is 17.6. The van der Waals surface area contributed by atoms with Crippen molar-refractivity contribution < 1.29 is 28.9 Å². The summed E-state index contributed by atoms with van der Waals surface area (Å²) in [5.41, 5.74) is 1.29. The molecule has 0 saturated carbocycles. The zero-order chi connectivity index (χ0) is 22.1. The molecule has 1 atom stereocenters. The number of ether oxygens (including phenoxy) is 3. The average molecular weight is 418 g/mol. The number of benzene rings is 1. The molecule has 0 unspecified atom stereocenters. The molecule has 0 aliphatic carbocycles. The first-order chi connectivity index (χ1) is 14.4. The average Bonchev–Trinajstić information content (AvgIpc) is 3.12. The summed E-state index contributed by atoms with van der Waals surface area (Å²) in [6, 6.07) is 2.72. The SMILES string of the molecule is C=CCOC(=O)Nc1cc(OCCCC)c(OC)cc1C(=O)N1CC(=C)C[C@H]1CO. The highest BCUT2D eigenvalue weighted by atomic mass is 16.5. The third kappa shape index (κ3) is 5.76. The van der Waals surface area contributed by atoms with Crippen molar-refractivity contribution in [1.29, 1.82) is 0 Å². The Bertz CT molecular complexity index is 792. The Labute approximate surface area is 177 Å². The highest BCUT2D eigenvalue weighted by Gasteiger charge is 2.33. The molecule has 2 amide bonds. The van der Waals surface area contributed by atoms with Gasteiger partial charge < -0.3 is 24.2 Å². The third-order valence-electron chi connectivity index (χ3n) is 4.69. The van der Waals surface area contributed by atoms with Gasteiger partial charge in [0.1, 0.15) is 6.61 Å². The predicted octanol–water partition coefficient (Wildman–Crippen LogP) is 3.37. The summed E-state index contributed by atoms with van der Waals surface area (Å²) in [6.45, 7) is 10.1. The van der Waals surface area contributed by atoms with E-state index in [4.69, 9.17) is 14.2 Å². The lowest BCUT2D eigenvalue weighted by Crippen LogP contribution is -2.38. The van der Waals surface area contributed by atoms with Crippen LogP contribution in [0.25, 0.3) is 0 Å². The third-order valence-corrected chi connectivity index (χ3v) is 4.69. The molecule has 8 heteroatoms. The minimum atomic E-state index is -0.724. The van der Waals surface area contributed by atoms with Crippen molar-refractivity contribution >= 4 is 17.7 Å². The van der Waals surface area contributed by atoms with Gasteiger partial charge in [-0.05, 0) is 18.9 Å². The standard InChI is InChI=1S/C22H30N2O6/c1-5-7-9-29-20-12-18(23-22(27)30-8-6-2)17(11-19(20)28-4)21(26)24-13-15(3)10-16(24)14-25/h6,11-12,16,25H,2-3,5,7-10,13-14H2,1,4H3,(H,23,27)/t16-/m0/s1. The van der Waals surface area contributed by atoms with Gasteiger partial charge in [0.15, 0.2) is 11.5 Å². The van der Waals surface area contributed by atoms with Crippen LogP contribution >= 0.6 is 0 Å². The lowest BCUT2D eigenvalue weighted by atomic mass is 10.1. The summed E-state index contributed by atoms with van der Waals surface area (Å²) < 4.78 is 16.2. The first-order valence-electron chi connectivity index (χ1n) is 9.93. The fourth-order valence-electron chi connectivity index (χ4n) is 3.15. The molecule has 1 aliphatic heterocycles. The van der Waals surface area contributed by atoms with Crippen molar-refractivity contribution in [2.75, 3.05) is 38.8 Å². The predicted molar refractivity (Wildman–Crippen MR) is 114 cm³/mol. The van der Waals surface area contributed by atoms with Crippen molar-refractivity contribution in [2.24, 2.45) is 0 Å². The van der Waals surface area contributed by atoms with Gasteiger partial charge in [0.25, 0.3) is 5.91 Å². The molecule has 1 aromatic carbocycles. The molecule has 1 heterocycles. The van der Waals surface area contributed by atoms with E-state index in [1.165, 1.54) is 24.2 Å². The number of aliphatic hydroxyl groups excluding tert-OH is 1. The molecule has 1 fully saturated rings. The van der Waals surface area contributed by atoms with Crippen LogP contribution in [0, 0.1) is 0 Å². The summed E-state index contributed by atoms with van der Waals surface area (Å²) in [4.78, 5) is 27.0. The topological polar surface area (TPSA) is 97.3 Å². The maximum atomic E-state index is 13.3. The maximum Gasteiger partial charge on any atom is 0.411 e. The molecule has 0 radical (unpaired) electrons. The molecule has 8 nitrogen and oxygen atoms in total. The first kappa shape index (κ1) is 23.3. The molecule has 2 rings (SSSR count). The number of carbonyl (C=O) groups is 2. The van der Waals surface area contributed by atoms with Crippen LogP contribution in [-0.4, -0.2) is 61.5 Å². The van der Waals surface area contributed by atoms with Gasteiger partial charge in [-0.3, -0.25) is 10.1 Å². The van der Waals surface area contributed by atoms with E-state index in [1.54, 1.807) is 6.07 Å². The Morgan fingerprint density at radius 2 is 2.13 bits per heavy atom. The Morgan fingerprint density at radius 3 is 2.77 bits per heavy atom. The lowest BCUT2D eigenvalue weighted by molar-refractivity contribution is 0.0680. The first-order valence-corrected chi connectivity index (χ1v) is 9.93. The van der Waals surface area contributed by atoms with Crippen molar-refractivity contribution in [3.63, 3.8) is 0 Å². The molecule has 30 heavy (non-hydrogen) atoms. The number of hydrogen-bond acceptors (Lipinski definition) is 6. The number of aliphatic hydroxyl groups is 1. The van der Waals surface area contributed by atoms with Crippen LogP contribution in [0.5, 0.6) is 11.5 Å². The smallest absolute Gasteiger partial charge is 0.411 e. The monoisotopic (exact) mass is 418 g/mol. The Hall–Kier alpha value is -3.00. The van der Waals surface area contributed by atoms with E-state index in [-0.39, 0.29) is 36.4 Å². The summed E-state index contributed by atoms with van der Waals surface area (Å²) in [6.07, 6.45) is 3.06. The van der Waals surface area contributed by atoms with E-state index in [1.807, 2.05) is 6.92 Å². The van der Waals surface area contributed by atoms with Crippen LogP contribution in [-0.2, 0) is 4.74 Å². The van der Waals surface area contributed by atoms with E-state index < -0.39 is 6.09 Å². The van der Waals surface area contributed by atoms with Crippen LogP contribution in [0.4, 0.5) is 10.5 Å². The molecule has 1 aliphatic rings. The van der Waals surface area contributed by atoms with Gasteiger partial charge in [0, 0.05) is 12.6 Å². The molecular formula is C22H30N2O6. The zero-order valence-electron chi connectivity index (χ0n) is 17.6. The van der Waals surface area contributed by atoms with E-state index in [0.29, 0.717) is 31.1 Å². The van der Waals surface area contributed by atoms with Gasteiger partial charge in [-0.2, -0.15) is 0 Å². The normalized spacial score (nSPS) is 15.6. The number of carbonyl (C=O) groups excluding carboxylic acids is 2. The summed E-state index contributed by atoms with van der Waals surface area (Å²) in [5, 5.41) is 12.2. The number of nitrogens with one attached hydrogen (secondary N) is 1. The summed E-state index contributed by atoms with van der Waals surface area (Å²) in [5.74, 6) is 0.425. The quantitative estimate of drug-likeness (QED) is 0.447. The number of rotatable bonds is 10. The van der Waals surface area contributed by atoms with Crippen LogP contribution < -0.4 is 14.8 Å². The minimum absolute atomic E-state index is 0.0314. The second kappa shape index (κ2) is 11.3. The second-order valence-electron chi connectivity index (χ2n) is 6.99. The van der Waals surface area contributed by atoms with Gasteiger partial charge in [-0.25, -0.2) is 4.79 Å². The minimum Gasteiger partial charge on any atom is -0.493 e. The van der Waals surface area contributed by atoms with Crippen LogP contribution in [0.1, 0.15) is 36.5 Å². The van der Waals surface area contributed by atoms with E-state index in [9.17, 15) is 14.7 Å². The highest BCUT2D eigenvalue weighted by Crippen LogP contribution is 2.36. The highest BCUT2D eigenvalue weighted by molar-refractivity contribution is 6.04. The molecular weight excluding hydrogens is 388 g/mol. The van der Waals surface area contributed by atoms with Gasteiger partial charge in [0.2, 0.25) is 0 Å². The van der Waals surface area contributed by atoms with Gasteiger partial charge in [0.05, 0.1) is 37.6 Å². The van der Waals surface area contributed by atoms with Crippen molar-refractivity contribution in [3.05, 3.63) is 42.5 Å². The van der Waals surface area contributed by atoms with Crippen LogP contribution in [0.2, 0.25) is 0 Å². The van der Waals surface area contributed by atoms with Gasteiger partial charge >= 0.3 is 6.09 Å². The molecule has 2 N–H and O–H groups in total. The molecule has 0 bridgehead atoms. The number of likely N-dealkylation sites (tertiary alicyclic amines) is 1. The second-order valence-corrected chi connectivity index (χ2v) is 6.99.